The Hall–Kier alpha value is -0.300. The van der Waals surface area contributed by atoms with Crippen LogP contribution in [0.15, 0.2) is 12.2 Å². The van der Waals surface area contributed by atoms with Crippen LogP contribution >= 0.6 is 0 Å². The summed E-state index contributed by atoms with van der Waals surface area (Å²) in [6, 6.07) is 0.708. The molecule has 2 bridgehead atoms. The van der Waals surface area contributed by atoms with Crippen molar-refractivity contribution in [3.63, 3.8) is 0 Å². The van der Waals surface area contributed by atoms with Crippen LogP contribution in [-0.4, -0.2) is 12.6 Å². The van der Waals surface area contributed by atoms with Crippen molar-refractivity contribution in [2.45, 2.75) is 32.2 Å². The van der Waals surface area contributed by atoms with E-state index in [4.69, 9.17) is 0 Å². The molecule has 0 amide bonds. The van der Waals surface area contributed by atoms with Gasteiger partial charge in [-0.1, -0.05) is 25.5 Å². The van der Waals surface area contributed by atoms with Crippen LogP contribution in [0.3, 0.4) is 0 Å². The fraction of sp³-hybridized carbons (Fsp3) is 0.800. The summed E-state index contributed by atoms with van der Waals surface area (Å²) in [5.41, 5.74) is 0. The van der Waals surface area contributed by atoms with E-state index in [0.717, 1.165) is 11.8 Å². The molecule has 1 fully saturated rings. The minimum atomic E-state index is 0.708. The van der Waals surface area contributed by atoms with Gasteiger partial charge in [-0.05, 0) is 24.7 Å². The second kappa shape index (κ2) is 2.98. The van der Waals surface area contributed by atoms with Crippen LogP contribution in [0, 0.1) is 11.8 Å². The zero-order valence-electron chi connectivity index (χ0n) is 7.22. The molecule has 1 aliphatic carbocycles. The molecule has 0 aromatic carbocycles. The lowest BCUT2D eigenvalue weighted by molar-refractivity contribution is 0.242. The summed E-state index contributed by atoms with van der Waals surface area (Å²) >= 11 is 0. The van der Waals surface area contributed by atoms with Gasteiger partial charge < -0.3 is 5.32 Å². The van der Waals surface area contributed by atoms with Crippen molar-refractivity contribution in [1.29, 1.82) is 0 Å². The molecule has 0 spiro atoms. The van der Waals surface area contributed by atoms with E-state index in [9.17, 15) is 0 Å². The summed E-state index contributed by atoms with van der Waals surface area (Å²) in [6.45, 7) is 3.51. The maximum Gasteiger partial charge on any atom is 0.0278 e. The number of hydrogen-bond donors (Lipinski definition) is 1. The Balaban J connectivity index is 2.00. The fourth-order valence-electron chi connectivity index (χ4n) is 2.39. The van der Waals surface area contributed by atoms with E-state index in [-0.39, 0.29) is 0 Å². The normalized spacial score (nSPS) is 41.4. The number of hydrogen-bond acceptors (Lipinski definition) is 1. The third kappa shape index (κ3) is 1.34. The number of fused-ring (bicyclic) bond motifs is 2. The van der Waals surface area contributed by atoms with Gasteiger partial charge >= 0.3 is 0 Å². The molecular formula is C10H17N. The van der Waals surface area contributed by atoms with Crippen LogP contribution in [0.4, 0.5) is 0 Å². The van der Waals surface area contributed by atoms with Crippen LogP contribution in [0.2, 0.25) is 0 Å². The third-order valence-corrected chi connectivity index (χ3v) is 2.98. The quantitative estimate of drug-likeness (QED) is 0.595. The number of piperidine rings is 1. The predicted molar refractivity (Wildman–Crippen MR) is 47.4 cm³/mol. The lowest BCUT2D eigenvalue weighted by atomic mass is 9.77. The van der Waals surface area contributed by atoms with Gasteiger partial charge in [-0.2, -0.15) is 0 Å². The lowest BCUT2D eigenvalue weighted by Crippen LogP contribution is -2.46. The topological polar surface area (TPSA) is 12.0 Å². The molecule has 1 saturated heterocycles. The molecule has 3 aliphatic rings. The van der Waals surface area contributed by atoms with Crippen LogP contribution < -0.4 is 5.32 Å². The molecule has 0 aromatic rings. The first kappa shape index (κ1) is 7.35. The molecule has 1 heteroatoms. The van der Waals surface area contributed by atoms with Gasteiger partial charge in [0.1, 0.15) is 0 Å². The Morgan fingerprint density at radius 1 is 1.45 bits per heavy atom. The lowest BCUT2D eigenvalue weighted by Gasteiger charge is -2.38. The van der Waals surface area contributed by atoms with Crippen LogP contribution in [0.25, 0.3) is 0 Å². The van der Waals surface area contributed by atoms with E-state index < -0.39 is 0 Å². The second-order valence-electron chi connectivity index (χ2n) is 3.86. The van der Waals surface area contributed by atoms with E-state index in [1.807, 2.05) is 0 Å². The van der Waals surface area contributed by atoms with E-state index in [1.165, 1.54) is 25.8 Å². The van der Waals surface area contributed by atoms with Gasteiger partial charge in [0.25, 0.3) is 0 Å². The first-order valence-corrected chi connectivity index (χ1v) is 4.82. The molecule has 3 atom stereocenters. The van der Waals surface area contributed by atoms with Gasteiger partial charge in [-0.3, -0.25) is 0 Å². The average molecular weight is 151 g/mol. The highest BCUT2D eigenvalue weighted by molar-refractivity contribution is 5.10. The molecule has 0 saturated carbocycles. The van der Waals surface area contributed by atoms with Crippen LogP contribution in [0.5, 0.6) is 0 Å². The monoisotopic (exact) mass is 151 g/mol. The maximum atomic E-state index is 3.57. The van der Waals surface area contributed by atoms with Gasteiger partial charge in [0.05, 0.1) is 0 Å². The first-order valence-electron chi connectivity index (χ1n) is 4.82. The van der Waals surface area contributed by atoms with Crippen molar-refractivity contribution in [1.82, 2.24) is 5.32 Å². The van der Waals surface area contributed by atoms with Gasteiger partial charge in [0, 0.05) is 12.6 Å². The van der Waals surface area contributed by atoms with Crippen molar-refractivity contribution >= 4 is 0 Å². The zero-order valence-corrected chi connectivity index (χ0v) is 7.22. The summed E-state index contributed by atoms with van der Waals surface area (Å²) in [4.78, 5) is 0. The molecule has 1 N–H and O–H groups in total. The fourth-order valence-corrected chi connectivity index (χ4v) is 2.39. The molecule has 1 nitrogen and oxygen atoms in total. The molecule has 0 aromatic heterocycles. The molecule has 2 heterocycles. The molecule has 3 unspecified atom stereocenters. The average Bonchev–Trinajstić information content (AvgIpc) is 2.07. The highest BCUT2D eigenvalue weighted by Gasteiger charge is 2.30. The van der Waals surface area contributed by atoms with Crippen molar-refractivity contribution in [2.75, 3.05) is 6.54 Å². The van der Waals surface area contributed by atoms with Gasteiger partial charge in [0.15, 0.2) is 0 Å². The van der Waals surface area contributed by atoms with Gasteiger partial charge in [-0.15, -0.1) is 0 Å². The van der Waals surface area contributed by atoms with Crippen molar-refractivity contribution in [3.05, 3.63) is 12.2 Å². The summed E-state index contributed by atoms with van der Waals surface area (Å²) in [6.07, 6.45) is 8.94. The molecule has 3 rings (SSSR count). The van der Waals surface area contributed by atoms with Gasteiger partial charge in [-0.25, -0.2) is 0 Å². The standard InChI is InChI=1S/C10H17N/c1-2-3-9-6-8-4-5-10(9)11-7-8/h4-5,8-11H,2-3,6-7H2,1H3. The van der Waals surface area contributed by atoms with Crippen molar-refractivity contribution in [3.8, 4) is 0 Å². The summed E-state index contributed by atoms with van der Waals surface area (Å²) in [5.74, 6) is 1.78. The zero-order chi connectivity index (χ0) is 7.68. The minimum absolute atomic E-state index is 0.708. The Bertz CT molecular complexity index is 162. The Morgan fingerprint density at radius 2 is 2.36 bits per heavy atom. The molecule has 0 radical (unpaired) electrons. The highest BCUT2D eigenvalue weighted by atomic mass is 14.9. The van der Waals surface area contributed by atoms with E-state index in [1.54, 1.807) is 0 Å². The third-order valence-electron chi connectivity index (χ3n) is 2.98. The van der Waals surface area contributed by atoms with Crippen molar-refractivity contribution in [2.24, 2.45) is 11.8 Å². The SMILES string of the molecule is CCCC1CC2C=CC1NC2. The smallest absolute Gasteiger partial charge is 0.0278 e. The minimum Gasteiger partial charge on any atom is -0.310 e. The summed E-state index contributed by atoms with van der Waals surface area (Å²) in [5, 5.41) is 3.57. The summed E-state index contributed by atoms with van der Waals surface area (Å²) in [7, 11) is 0. The highest BCUT2D eigenvalue weighted by Crippen LogP contribution is 2.31. The molecule has 62 valence electrons. The van der Waals surface area contributed by atoms with Crippen LogP contribution in [-0.2, 0) is 0 Å². The van der Waals surface area contributed by atoms with Gasteiger partial charge in [0.2, 0.25) is 0 Å². The van der Waals surface area contributed by atoms with Crippen LogP contribution in [0.1, 0.15) is 26.2 Å². The van der Waals surface area contributed by atoms with Crippen molar-refractivity contribution < 1.29 is 0 Å². The van der Waals surface area contributed by atoms with E-state index in [2.05, 4.69) is 24.4 Å². The molecule has 11 heavy (non-hydrogen) atoms. The number of rotatable bonds is 2. The Morgan fingerprint density at radius 3 is 2.82 bits per heavy atom. The Labute approximate surface area is 68.9 Å². The maximum absolute atomic E-state index is 3.57. The summed E-state index contributed by atoms with van der Waals surface area (Å²) < 4.78 is 0. The largest absolute Gasteiger partial charge is 0.310 e. The predicted octanol–water partition coefficient (Wildman–Crippen LogP) is 1.95. The second-order valence-corrected chi connectivity index (χ2v) is 3.86. The molecule has 2 aliphatic heterocycles. The van der Waals surface area contributed by atoms with E-state index >= 15 is 0 Å². The first-order chi connectivity index (χ1) is 5.40. The Kier molecular flexibility index (Phi) is 1.99. The number of nitrogens with one attached hydrogen (secondary N) is 1. The van der Waals surface area contributed by atoms with E-state index in [0.29, 0.717) is 6.04 Å². The molecular weight excluding hydrogens is 134 g/mol.